The second-order valence-corrected chi connectivity index (χ2v) is 10.1. The molecule has 2 aromatic heterocycles. The fourth-order valence-corrected chi connectivity index (χ4v) is 5.56. The lowest BCUT2D eigenvalue weighted by Gasteiger charge is -2.41. The van der Waals surface area contributed by atoms with Crippen LogP contribution in [0.2, 0.25) is 5.02 Å². The molecule has 0 saturated carbocycles. The molecule has 0 unspecified atom stereocenters. The molecule has 2 aliphatic rings. The fraction of sp³-hybridized carbons (Fsp3) is 0.385. The smallest absolute Gasteiger partial charge is 0.259 e. The van der Waals surface area contributed by atoms with Gasteiger partial charge in [-0.05, 0) is 51.3 Å². The highest BCUT2D eigenvalue weighted by molar-refractivity contribution is 6.35. The summed E-state index contributed by atoms with van der Waals surface area (Å²) in [5.74, 6) is -0.252. The molecule has 5 rings (SSSR count). The summed E-state index contributed by atoms with van der Waals surface area (Å²) >= 11 is 6.80. The number of halogens is 1. The highest BCUT2D eigenvalue weighted by Crippen LogP contribution is 2.41. The van der Waals surface area contributed by atoms with Crippen LogP contribution < -0.4 is 11.1 Å². The van der Waals surface area contributed by atoms with Gasteiger partial charge in [0, 0.05) is 36.8 Å². The number of benzene rings is 1. The van der Waals surface area contributed by atoms with E-state index in [-0.39, 0.29) is 36.3 Å². The number of ether oxygens (including phenoxy) is 1. The largest absolute Gasteiger partial charge is 0.378 e. The molecule has 0 bridgehead atoms. The number of carbonyl (C=O) groups is 2. The maximum Gasteiger partial charge on any atom is 0.259 e. The van der Waals surface area contributed by atoms with E-state index in [2.05, 4.69) is 10.3 Å². The van der Waals surface area contributed by atoms with Crippen LogP contribution in [-0.4, -0.2) is 50.8 Å². The van der Waals surface area contributed by atoms with Gasteiger partial charge >= 0.3 is 0 Å². The predicted octanol–water partition coefficient (Wildman–Crippen LogP) is 3.88. The van der Waals surface area contributed by atoms with Crippen molar-refractivity contribution in [3.05, 3.63) is 64.6 Å². The molecular formula is C26H29ClN6O3. The summed E-state index contributed by atoms with van der Waals surface area (Å²) in [6.07, 6.45) is 6.94. The molecule has 1 fully saturated rings. The van der Waals surface area contributed by atoms with Crippen molar-refractivity contribution in [2.24, 2.45) is 10.7 Å². The molecule has 2 amide bonds. The predicted molar refractivity (Wildman–Crippen MR) is 138 cm³/mol. The Morgan fingerprint density at radius 1 is 1.36 bits per heavy atom. The molecule has 3 aromatic rings. The van der Waals surface area contributed by atoms with Gasteiger partial charge in [-0.3, -0.25) is 14.5 Å². The molecule has 2 aliphatic heterocycles. The van der Waals surface area contributed by atoms with Crippen LogP contribution in [0.4, 0.5) is 5.69 Å². The number of aromatic nitrogens is 2. The van der Waals surface area contributed by atoms with Crippen LogP contribution in [0.5, 0.6) is 0 Å². The van der Waals surface area contributed by atoms with Crippen LogP contribution in [0, 0.1) is 6.92 Å². The van der Waals surface area contributed by atoms with Gasteiger partial charge in [0.1, 0.15) is 5.65 Å². The molecule has 188 valence electrons. The zero-order valence-corrected chi connectivity index (χ0v) is 21.2. The molecule has 0 radical (unpaired) electrons. The third kappa shape index (κ3) is 4.33. The molecule has 0 spiro atoms. The lowest BCUT2D eigenvalue weighted by atomic mass is 9.86. The summed E-state index contributed by atoms with van der Waals surface area (Å²) in [5, 5.41) is 3.22. The average molecular weight is 509 g/mol. The van der Waals surface area contributed by atoms with Crippen molar-refractivity contribution < 1.29 is 14.3 Å². The first-order valence-corrected chi connectivity index (χ1v) is 12.4. The molecule has 0 aliphatic carbocycles. The van der Waals surface area contributed by atoms with Gasteiger partial charge in [-0.1, -0.05) is 23.7 Å². The van der Waals surface area contributed by atoms with E-state index in [0.29, 0.717) is 46.9 Å². The number of aliphatic imine (C=N–C) groups is 1. The maximum atomic E-state index is 13.3. The van der Waals surface area contributed by atoms with Crippen molar-refractivity contribution in [1.29, 1.82) is 0 Å². The van der Waals surface area contributed by atoms with Crippen LogP contribution in [-0.2, 0) is 15.1 Å². The van der Waals surface area contributed by atoms with Gasteiger partial charge in [0.15, 0.2) is 5.96 Å². The third-order valence-corrected chi connectivity index (χ3v) is 7.30. The molecule has 10 heteroatoms. The van der Waals surface area contributed by atoms with E-state index in [1.165, 1.54) is 0 Å². The summed E-state index contributed by atoms with van der Waals surface area (Å²) in [7, 11) is 0. The van der Waals surface area contributed by atoms with Gasteiger partial charge in [0.2, 0.25) is 5.91 Å². The number of fused-ring (bicyclic) bond motifs is 1. The molecule has 3 atom stereocenters. The molecule has 3 N–H and O–H groups in total. The fourth-order valence-electron chi connectivity index (χ4n) is 5.18. The number of nitrogens with zero attached hydrogens (tertiary/aromatic N) is 4. The number of imidazole rings is 1. The first kappa shape index (κ1) is 24.3. The van der Waals surface area contributed by atoms with E-state index in [9.17, 15) is 9.59 Å². The lowest BCUT2D eigenvalue weighted by molar-refractivity contribution is -0.133. The standard InChI is InChI=1S/C26H29ClN6O3/c1-15-11-18(23-29-8-9-32(23)14-15)24(35)30-20-6-4-5-19(22(20)27)26(3)13-21(34)33(25(28)31-26)17-7-10-36-16(2)12-17/h4-6,8-9,11,14,16-17H,7,10,12-13H2,1-3H3,(H2,28,31)(H,30,35)/t16-,17-,26+/m1/s1. The Bertz CT molecular complexity index is 1390. The van der Waals surface area contributed by atoms with Crippen LogP contribution in [0.1, 0.15) is 54.6 Å². The Morgan fingerprint density at radius 3 is 2.92 bits per heavy atom. The van der Waals surface area contributed by atoms with Crippen molar-refractivity contribution >= 4 is 40.7 Å². The van der Waals surface area contributed by atoms with Crippen LogP contribution in [0.25, 0.3) is 5.65 Å². The van der Waals surface area contributed by atoms with Gasteiger partial charge in [-0.15, -0.1) is 0 Å². The third-order valence-electron chi connectivity index (χ3n) is 6.89. The number of carbonyl (C=O) groups excluding carboxylic acids is 2. The van der Waals surface area contributed by atoms with E-state index in [4.69, 9.17) is 27.1 Å². The second kappa shape index (κ2) is 9.22. The Balaban J connectivity index is 1.44. The quantitative estimate of drug-likeness (QED) is 0.555. The number of rotatable bonds is 4. The number of aryl methyl sites for hydroxylation is 1. The Hall–Kier alpha value is -3.43. The number of hydrogen-bond donors (Lipinski definition) is 2. The van der Waals surface area contributed by atoms with E-state index >= 15 is 0 Å². The number of anilines is 1. The number of hydrogen-bond acceptors (Lipinski definition) is 6. The van der Waals surface area contributed by atoms with Crippen molar-refractivity contribution in [3.63, 3.8) is 0 Å². The zero-order valence-electron chi connectivity index (χ0n) is 20.5. The Kier molecular flexibility index (Phi) is 6.22. The van der Waals surface area contributed by atoms with E-state index in [1.807, 2.05) is 33.0 Å². The van der Waals surface area contributed by atoms with Gasteiger partial charge in [-0.25, -0.2) is 9.98 Å². The summed E-state index contributed by atoms with van der Waals surface area (Å²) in [4.78, 5) is 37.2. The topological polar surface area (TPSA) is 114 Å². The minimum atomic E-state index is -0.966. The first-order chi connectivity index (χ1) is 17.2. The van der Waals surface area contributed by atoms with E-state index in [0.717, 1.165) is 5.56 Å². The number of guanidine groups is 1. The number of pyridine rings is 1. The molecular weight excluding hydrogens is 480 g/mol. The molecule has 1 saturated heterocycles. The molecule has 9 nitrogen and oxygen atoms in total. The van der Waals surface area contributed by atoms with E-state index < -0.39 is 5.54 Å². The van der Waals surface area contributed by atoms with Crippen molar-refractivity contribution in [3.8, 4) is 0 Å². The van der Waals surface area contributed by atoms with Crippen LogP contribution in [0.3, 0.4) is 0 Å². The lowest BCUT2D eigenvalue weighted by Crippen LogP contribution is -2.56. The number of amides is 2. The van der Waals surface area contributed by atoms with Gasteiger partial charge in [-0.2, -0.15) is 0 Å². The maximum absolute atomic E-state index is 13.3. The Labute approximate surface area is 214 Å². The van der Waals surface area contributed by atoms with Crippen molar-refractivity contribution in [1.82, 2.24) is 14.3 Å². The van der Waals surface area contributed by atoms with Gasteiger partial charge in [0.05, 0.1) is 34.3 Å². The highest BCUT2D eigenvalue weighted by Gasteiger charge is 2.42. The molecule has 1 aromatic carbocycles. The molecule has 36 heavy (non-hydrogen) atoms. The van der Waals surface area contributed by atoms with E-state index in [1.54, 1.807) is 39.9 Å². The van der Waals surface area contributed by atoms with Gasteiger partial charge in [0.25, 0.3) is 5.91 Å². The second-order valence-electron chi connectivity index (χ2n) is 9.75. The number of nitrogens with one attached hydrogen (secondary N) is 1. The average Bonchev–Trinajstić information content (AvgIpc) is 3.27. The minimum absolute atomic E-state index is 0.0375. The SMILES string of the molecule is Cc1cc(C(=O)Nc2cccc([C@]3(C)CC(=O)N([C@@H]4CCO[C@H](C)C4)C(N)=N3)c2Cl)c2nccn2c1. The Morgan fingerprint density at radius 2 is 2.17 bits per heavy atom. The normalized spacial score (nSPS) is 24.6. The highest BCUT2D eigenvalue weighted by atomic mass is 35.5. The summed E-state index contributed by atoms with van der Waals surface area (Å²) in [5.41, 5.74) is 8.34. The van der Waals surface area contributed by atoms with Crippen LogP contribution >= 0.6 is 11.6 Å². The van der Waals surface area contributed by atoms with Crippen LogP contribution in [0.15, 0.2) is 47.8 Å². The first-order valence-electron chi connectivity index (χ1n) is 12.0. The minimum Gasteiger partial charge on any atom is -0.378 e. The van der Waals surface area contributed by atoms with Crippen molar-refractivity contribution in [2.45, 2.75) is 57.7 Å². The molecule has 4 heterocycles. The number of nitrogens with two attached hydrogens (primary N) is 1. The zero-order chi connectivity index (χ0) is 25.6. The summed E-state index contributed by atoms with van der Waals surface area (Å²) in [6, 6.07) is 7.07. The monoisotopic (exact) mass is 508 g/mol. The summed E-state index contributed by atoms with van der Waals surface area (Å²) < 4.78 is 7.43. The van der Waals surface area contributed by atoms with Crippen molar-refractivity contribution in [2.75, 3.05) is 11.9 Å². The van der Waals surface area contributed by atoms with Gasteiger partial charge < -0.3 is 20.2 Å². The summed E-state index contributed by atoms with van der Waals surface area (Å²) in [6.45, 7) is 6.33.